The molecule has 0 aromatic rings. The Morgan fingerprint density at radius 3 is 2.62 bits per heavy atom. The summed E-state index contributed by atoms with van der Waals surface area (Å²) in [5, 5.41) is 0. The Morgan fingerprint density at radius 1 is 1.23 bits per heavy atom. The summed E-state index contributed by atoms with van der Waals surface area (Å²) in [4.78, 5) is 11.4. The lowest BCUT2D eigenvalue weighted by Gasteiger charge is -1.96. The van der Waals surface area contributed by atoms with Crippen molar-refractivity contribution in [1.29, 1.82) is 0 Å². The van der Waals surface area contributed by atoms with Gasteiger partial charge in [-0.15, -0.1) is 0 Å². The summed E-state index contributed by atoms with van der Waals surface area (Å²) in [5.74, 6) is -0.482. The van der Waals surface area contributed by atoms with Crippen molar-refractivity contribution in [2.45, 2.75) is 6.42 Å². The van der Waals surface area contributed by atoms with E-state index in [0.29, 0.717) is 12.0 Å². The van der Waals surface area contributed by atoms with Crippen LogP contribution >= 0.6 is 0 Å². The van der Waals surface area contributed by atoms with E-state index in [1.165, 1.54) is 0 Å². The molecular formula is C8H5NO3S. The first-order valence-corrected chi connectivity index (χ1v) is 5.30. The second-order valence-electron chi connectivity index (χ2n) is 3.20. The summed E-state index contributed by atoms with van der Waals surface area (Å²) in [6.45, 7) is 0. The largest absolute Gasteiger partial charge is 0.268 e. The number of hydrogen-bond donors (Lipinski definition) is 1. The fourth-order valence-electron chi connectivity index (χ4n) is 1.94. The Morgan fingerprint density at radius 2 is 1.92 bits per heavy atom. The summed E-state index contributed by atoms with van der Waals surface area (Å²) in [6, 6.07) is 0. The first kappa shape index (κ1) is 7.08. The summed E-state index contributed by atoms with van der Waals surface area (Å²) in [5.41, 5.74) is 1.92. The van der Waals surface area contributed by atoms with Gasteiger partial charge in [0.1, 0.15) is 4.91 Å². The molecule has 1 amide bonds. The molecule has 2 aliphatic carbocycles. The Balaban J connectivity index is 2.46. The Labute approximate surface area is 74.7 Å². The maximum Gasteiger partial charge on any atom is 0.266 e. The monoisotopic (exact) mass is 195 g/mol. The van der Waals surface area contributed by atoms with Gasteiger partial charge in [0, 0.05) is 0 Å². The topological polar surface area (TPSA) is 63.2 Å². The minimum atomic E-state index is -3.53. The van der Waals surface area contributed by atoms with E-state index in [0.717, 1.165) is 11.1 Å². The van der Waals surface area contributed by atoms with Crippen LogP contribution in [-0.4, -0.2) is 14.3 Å². The van der Waals surface area contributed by atoms with Crippen molar-refractivity contribution in [1.82, 2.24) is 4.72 Å². The average Bonchev–Trinajstić information content (AvgIpc) is 2.63. The number of fused-ring (bicyclic) bond motifs is 3. The Kier molecular flexibility index (Phi) is 0.964. The number of rotatable bonds is 0. The smallest absolute Gasteiger partial charge is 0.266 e. The maximum atomic E-state index is 11.4. The van der Waals surface area contributed by atoms with E-state index in [-0.39, 0.29) is 4.91 Å². The summed E-state index contributed by atoms with van der Waals surface area (Å²) in [6.07, 6.45) is 4.15. The van der Waals surface area contributed by atoms with Gasteiger partial charge >= 0.3 is 0 Å². The van der Waals surface area contributed by atoms with Gasteiger partial charge in [0.2, 0.25) is 0 Å². The van der Waals surface area contributed by atoms with Gasteiger partial charge in [-0.3, -0.25) is 4.79 Å². The van der Waals surface area contributed by atoms with Crippen LogP contribution in [0.3, 0.4) is 0 Å². The molecule has 0 spiro atoms. The standard InChI is InChI=1S/C8H5NO3S/c10-8-6-4-1-2-5(3-4)7(6)13(11,12)9-8/h1-2H,3H2,(H,9,10). The van der Waals surface area contributed by atoms with Crippen LogP contribution in [-0.2, 0) is 14.8 Å². The van der Waals surface area contributed by atoms with Crippen LogP contribution in [0.4, 0.5) is 0 Å². The normalized spacial score (nSPS) is 27.2. The van der Waals surface area contributed by atoms with Gasteiger partial charge in [-0.25, -0.2) is 13.1 Å². The fourth-order valence-corrected chi connectivity index (χ4v) is 3.36. The zero-order valence-electron chi connectivity index (χ0n) is 6.49. The van der Waals surface area contributed by atoms with E-state index >= 15 is 0 Å². The second-order valence-corrected chi connectivity index (χ2v) is 4.82. The van der Waals surface area contributed by atoms with Crippen LogP contribution in [0.15, 0.2) is 33.8 Å². The van der Waals surface area contributed by atoms with Gasteiger partial charge in [-0.2, -0.15) is 0 Å². The quantitative estimate of drug-likeness (QED) is 0.590. The molecule has 1 heterocycles. The highest BCUT2D eigenvalue weighted by atomic mass is 32.2. The highest BCUT2D eigenvalue weighted by Gasteiger charge is 2.44. The number of carbonyl (C=O) groups is 1. The molecule has 3 rings (SSSR count). The number of amides is 1. The molecular weight excluding hydrogens is 190 g/mol. The van der Waals surface area contributed by atoms with Crippen LogP contribution < -0.4 is 4.72 Å². The van der Waals surface area contributed by atoms with Crippen molar-refractivity contribution >= 4 is 15.9 Å². The van der Waals surface area contributed by atoms with Crippen molar-refractivity contribution in [3.63, 3.8) is 0 Å². The third-order valence-electron chi connectivity index (χ3n) is 2.43. The van der Waals surface area contributed by atoms with E-state index in [4.69, 9.17) is 0 Å². The second kappa shape index (κ2) is 1.77. The first-order valence-electron chi connectivity index (χ1n) is 3.81. The first-order chi connectivity index (χ1) is 6.09. The number of allylic oxidation sites excluding steroid dienone is 4. The molecule has 1 N–H and O–H groups in total. The molecule has 0 aromatic carbocycles. The summed E-state index contributed by atoms with van der Waals surface area (Å²) < 4.78 is 24.7. The predicted molar refractivity (Wildman–Crippen MR) is 44.9 cm³/mol. The third kappa shape index (κ3) is 0.662. The van der Waals surface area contributed by atoms with Crippen LogP contribution in [0.5, 0.6) is 0 Å². The van der Waals surface area contributed by atoms with Crippen LogP contribution in [0.25, 0.3) is 0 Å². The molecule has 0 unspecified atom stereocenters. The van der Waals surface area contributed by atoms with E-state index < -0.39 is 15.9 Å². The lowest BCUT2D eigenvalue weighted by molar-refractivity contribution is -0.115. The molecule has 0 atom stereocenters. The number of hydrogen-bond acceptors (Lipinski definition) is 3. The van der Waals surface area contributed by atoms with E-state index in [1.54, 1.807) is 12.2 Å². The average molecular weight is 195 g/mol. The molecule has 2 bridgehead atoms. The number of carbonyl (C=O) groups excluding carboxylic acids is 1. The third-order valence-corrected chi connectivity index (χ3v) is 3.89. The highest BCUT2D eigenvalue weighted by molar-refractivity contribution is 7.95. The maximum absolute atomic E-state index is 11.4. The molecule has 0 aromatic heterocycles. The van der Waals surface area contributed by atoms with Gasteiger partial charge in [-0.1, -0.05) is 12.2 Å². The van der Waals surface area contributed by atoms with Gasteiger partial charge in [0.05, 0.1) is 5.57 Å². The van der Waals surface area contributed by atoms with E-state index in [2.05, 4.69) is 0 Å². The van der Waals surface area contributed by atoms with Gasteiger partial charge in [-0.05, 0) is 17.6 Å². The van der Waals surface area contributed by atoms with Crippen molar-refractivity contribution in [3.05, 3.63) is 33.8 Å². The Hall–Kier alpha value is -1.36. The van der Waals surface area contributed by atoms with Crippen molar-refractivity contribution in [3.8, 4) is 0 Å². The minimum Gasteiger partial charge on any atom is -0.268 e. The molecule has 13 heavy (non-hydrogen) atoms. The van der Waals surface area contributed by atoms with Crippen molar-refractivity contribution in [2.24, 2.45) is 0 Å². The summed E-state index contributed by atoms with van der Waals surface area (Å²) >= 11 is 0. The van der Waals surface area contributed by atoms with E-state index in [9.17, 15) is 13.2 Å². The molecule has 66 valence electrons. The SMILES string of the molecule is O=C1NS(=O)(=O)C2=C3C=CC(=C12)C3. The van der Waals surface area contributed by atoms with Crippen molar-refractivity contribution in [2.75, 3.05) is 0 Å². The number of nitrogens with one attached hydrogen (secondary N) is 1. The van der Waals surface area contributed by atoms with Crippen LogP contribution in [0, 0.1) is 0 Å². The zero-order valence-corrected chi connectivity index (χ0v) is 7.31. The fraction of sp³-hybridized carbons (Fsp3) is 0.125. The van der Waals surface area contributed by atoms with E-state index in [1.807, 2.05) is 4.72 Å². The summed E-state index contributed by atoms with van der Waals surface area (Å²) in [7, 11) is -3.53. The van der Waals surface area contributed by atoms with Crippen LogP contribution in [0.1, 0.15) is 6.42 Å². The lowest BCUT2D eigenvalue weighted by atomic mass is 10.1. The van der Waals surface area contributed by atoms with Gasteiger partial charge in [0.15, 0.2) is 0 Å². The number of sulfonamides is 1. The zero-order chi connectivity index (χ0) is 9.22. The highest BCUT2D eigenvalue weighted by Crippen LogP contribution is 2.44. The lowest BCUT2D eigenvalue weighted by Crippen LogP contribution is -2.20. The Bertz CT molecular complexity index is 534. The van der Waals surface area contributed by atoms with Gasteiger partial charge in [0.25, 0.3) is 15.9 Å². The minimum absolute atomic E-state index is 0.204. The molecule has 3 aliphatic rings. The van der Waals surface area contributed by atoms with Crippen molar-refractivity contribution < 1.29 is 13.2 Å². The van der Waals surface area contributed by atoms with Gasteiger partial charge < -0.3 is 0 Å². The molecule has 1 fully saturated rings. The van der Waals surface area contributed by atoms with Crippen LogP contribution in [0.2, 0.25) is 0 Å². The molecule has 0 saturated carbocycles. The molecule has 4 nitrogen and oxygen atoms in total. The molecule has 1 aliphatic heterocycles. The molecule has 0 radical (unpaired) electrons. The molecule has 1 saturated heterocycles. The molecule has 5 heteroatoms. The predicted octanol–water partition coefficient (Wildman–Crippen LogP) is -0.0298.